The summed E-state index contributed by atoms with van der Waals surface area (Å²) in [6.45, 7) is 1.88. The molecule has 3 heteroatoms. The number of allylic oxidation sites excluding steroid dienone is 1. The molecule has 0 atom stereocenters. The molecule has 0 unspecified atom stereocenters. The van der Waals surface area contributed by atoms with E-state index in [4.69, 9.17) is 0 Å². The van der Waals surface area contributed by atoms with Crippen LogP contribution in [0.4, 0.5) is 0 Å². The summed E-state index contributed by atoms with van der Waals surface area (Å²) in [5.74, 6) is -0.168. The summed E-state index contributed by atoms with van der Waals surface area (Å²) < 4.78 is 0. The number of nitrogens with zero attached hydrogens (tertiary/aromatic N) is 1. The zero-order chi connectivity index (χ0) is 11.4. The lowest BCUT2D eigenvalue weighted by molar-refractivity contribution is 0.104. The molecule has 0 saturated carbocycles. The molecule has 0 aliphatic heterocycles. The van der Waals surface area contributed by atoms with E-state index in [1.54, 1.807) is 23.2 Å². The molecule has 80 valence electrons. The number of phenols is 1. The van der Waals surface area contributed by atoms with Crippen molar-refractivity contribution >= 4 is 5.78 Å². The first-order chi connectivity index (χ1) is 7.00. The number of hydrogen-bond donors (Lipinski definition) is 1. The first kappa shape index (κ1) is 11.3. The Balaban J connectivity index is 2.96. The minimum absolute atomic E-state index is 0.0222. The van der Waals surface area contributed by atoms with Crippen LogP contribution in [0.3, 0.4) is 0 Å². The predicted octanol–water partition coefficient (Wildman–Crippen LogP) is 1.96. The van der Waals surface area contributed by atoms with Gasteiger partial charge < -0.3 is 10.0 Å². The zero-order valence-corrected chi connectivity index (χ0v) is 9.19. The van der Waals surface area contributed by atoms with Crippen molar-refractivity contribution in [2.45, 2.75) is 6.92 Å². The van der Waals surface area contributed by atoms with Gasteiger partial charge in [-0.25, -0.2) is 0 Å². The molecule has 1 N–H and O–H groups in total. The fraction of sp³-hybridized carbons (Fsp3) is 0.250. The van der Waals surface area contributed by atoms with Crippen LogP contribution in [0.25, 0.3) is 0 Å². The maximum absolute atomic E-state index is 11.6. The Hall–Kier alpha value is -1.77. The number of hydrogen-bond acceptors (Lipinski definition) is 3. The van der Waals surface area contributed by atoms with E-state index in [-0.39, 0.29) is 11.5 Å². The van der Waals surface area contributed by atoms with Crippen LogP contribution < -0.4 is 0 Å². The van der Waals surface area contributed by atoms with Crippen LogP contribution in [-0.2, 0) is 0 Å². The number of rotatable bonds is 3. The third-order valence-corrected chi connectivity index (χ3v) is 1.94. The number of aromatic hydroxyl groups is 1. The molecule has 0 amide bonds. The molecule has 1 aromatic carbocycles. The fourth-order valence-corrected chi connectivity index (χ4v) is 1.15. The first-order valence-electron chi connectivity index (χ1n) is 4.69. The van der Waals surface area contributed by atoms with Crippen molar-refractivity contribution in [1.29, 1.82) is 0 Å². The Morgan fingerprint density at radius 3 is 2.67 bits per heavy atom. The highest BCUT2D eigenvalue weighted by atomic mass is 16.3. The monoisotopic (exact) mass is 205 g/mol. The van der Waals surface area contributed by atoms with Gasteiger partial charge in [0.25, 0.3) is 0 Å². The molecule has 0 aromatic heterocycles. The summed E-state index contributed by atoms with van der Waals surface area (Å²) in [6.07, 6.45) is 3.10. The van der Waals surface area contributed by atoms with Crippen LogP contribution in [0.5, 0.6) is 5.75 Å². The van der Waals surface area contributed by atoms with Crippen molar-refractivity contribution in [3.05, 3.63) is 41.6 Å². The number of phenolic OH excluding ortho intramolecular Hbond substituents is 1. The molecule has 0 aliphatic carbocycles. The highest BCUT2D eigenvalue weighted by Gasteiger charge is 2.07. The van der Waals surface area contributed by atoms with Gasteiger partial charge in [-0.05, 0) is 19.1 Å². The van der Waals surface area contributed by atoms with E-state index in [0.29, 0.717) is 5.56 Å². The van der Waals surface area contributed by atoms with Crippen molar-refractivity contribution < 1.29 is 9.90 Å². The summed E-state index contributed by atoms with van der Waals surface area (Å²) in [5, 5.41) is 9.50. The van der Waals surface area contributed by atoms with Gasteiger partial charge in [0.05, 0.1) is 5.56 Å². The summed E-state index contributed by atoms with van der Waals surface area (Å²) in [4.78, 5) is 13.4. The normalized spacial score (nSPS) is 10.6. The molecule has 1 rings (SSSR count). The summed E-state index contributed by atoms with van der Waals surface area (Å²) in [6, 6.07) is 4.98. The molecule has 0 spiro atoms. The second-order valence-electron chi connectivity index (χ2n) is 3.66. The number of ketones is 1. The second-order valence-corrected chi connectivity index (χ2v) is 3.66. The molecular weight excluding hydrogens is 190 g/mol. The topological polar surface area (TPSA) is 40.5 Å². The Labute approximate surface area is 89.6 Å². The smallest absolute Gasteiger partial charge is 0.191 e. The van der Waals surface area contributed by atoms with Gasteiger partial charge in [0.2, 0.25) is 0 Å². The Morgan fingerprint density at radius 1 is 1.40 bits per heavy atom. The van der Waals surface area contributed by atoms with Crippen molar-refractivity contribution in [2.75, 3.05) is 14.1 Å². The Kier molecular flexibility index (Phi) is 3.50. The van der Waals surface area contributed by atoms with Crippen LogP contribution in [0.2, 0.25) is 0 Å². The summed E-state index contributed by atoms with van der Waals surface area (Å²) in [7, 11) is 3.67. The molecule has 15 heavy (non-hydrogen) atoms. The van der Waals surface area contributed by atoms with Crippen LogP contribution in [0.15, 0.2) is 30.5 Å². The third-order valence-electron chi connectivity index (χ3n) is 1.94. The number of aryl methyl sites for hydroxylation is 1. The molecule has 0 aliphatic rings. The molecule has 3 nitrogen and oxygen atoms in total. The predicted molar refractivity (Wildman–Crippen MR) is 60.0 cm³/mol. The molecule has 0 bridgehead atoms. The molecule has 0 radical (unpaired) electrons. The number of carbonyl (C=O) groups excluding carboxylic acids is 1. The quantitative estimate of drug-likeness (QED) is 0.605. The van der Waals surface area contributed by atoms with Crippen LogP contribution >= 0.6 is 0 Å². The maximum Gasteiger partial charge on any atom is 0.191 e. The lowest BCUT2D eigenvalue weighted by atomic mass is 10.1. The first-order valence-corrected chi connectivity index (χ1v) is 4.69. The van der Waals surface area contributed by atoms with Crippen molar-refractivity contribution in [2.24, 2.45) is 0 Å². The fourth-order valence-electron chi connectivity index (χ4n) is 1.15. The summed E-state index contributed by atoms with van der Waals surface area (Å²) in [5.41, 5.74) is 1.29. The lowest BCUT2D eigenvalue weighted by Crippen LogP contribution is -2.03. The van der Waals surface area contributed by atoms with Gasteiger partial charge in [0.1, 0.15) is 5.75 Å². The molecular formula is C12H15NO2. The standard InChI is InChI=1S/C12H15NO2/c1-9-4-5-11(14)10(8-9)12(15)6-7-13(2)3/h4-8,14H,1-3H3/b7-6-. The van der Waals surface area contributed by atoms with Gasteiger partial charge in [-0.15, -0.1) is 0 Å². The van der Waals surface area contributed by atoms with E-state index in [9.17, 15) is 9.90 Å². The van der Waals surface area contributed by atoms with Crippen LogP contribution in [0.1, 0.15) is 15.9 Å². The molecule has 0 heterocycles. The SMILES string of the molecule is Cc1ccc(O)c(C(=O)/C=C\N(C)C)c1. The van der Waals surface area contributed by atoms with E-state index in [0.717, 1.165) is 5.56 Å². The second kappa shape index (κ2) is 4.64. The van der Waals surface area contributed by atoms with E-state index < -0.39 is 0 Å². The number of carbonyl (C=O) groups is 1. The van der Waals surface area contributed by atoms with Crippen molar-refractivity contribution in [3.63, 3.8) is 0 Å². The Morgan fingerprint density at radius 2 is 2.07 bits per heavy atom. The minimum Gasteiger partial charge on any atom is -0.507 e. The molecule has 0 saturated heterocycles. The third kappa shape index (κ3) is 3.13. The summed E-state index contributed by atoms with van der Waals surface area (Å²) >= 11 is 0. The van der Waals surface area contributed by atoms with Gasteiger partial charge in [-0.2, -0.15) is 0 Å². The highest BCUT2D eigenvalue weighted by molar-refractivity contribution is 6.06. The van der Waals surface area contributed by atoms with Crippen LogP contribution in [-0.4, -0.2) is 29.9 Å². The van der Waals surface area contributed by atoms with E-state index >= 15 is 0 Å². The van der Waals surface area contributed by atoms with Gasteiger partial charge in [-0.3, -0.25) is 4.79 Å². The molecule has 1 aromatic rings. The van der Waals surface area contributed by atoms with Gasteiger partial charge >= 0.3 is 0 Å². The van der Waals surface area contributed by atoms with E-state index in [2.05, 4.69) is 0 Å². The average Bonchev–Trinajstić information content (AvgIpc) is 2.18. The maximum atomic E-state index is 11.6. The van der Waals surface area contributed by atoms with Crippen LogP contribution in [0, 0.1) is 6.92 Å². The zero-order valence-electron chi connectivity index (χ0n) is 9.19. The van der Waals surface area contributed by atoms with Crippen molar-refractivity contribution in [1.82, 2.24) is 4.90 Å². The van der Waals surface area contributed by atoms with E-state index in [1.165, 1.54) is 12.1 Å². The minimum atomic E-state index is -0.190. The lowest BCUT2D eigenvalue weighted by Gasteiger charge is -2.04. The highest BCUT2D eigenvalue weighted by Crippen LogP contribution is 2.18. The number of benzene rings is 1. The largest absolute Gasteiger partial charge is 0.507 e. The molecule has 0 fully saturated rings. The van der Waals surface area contributed by atoms with Gasteiger partial charge in [0.15, 0.2) is 5.78 Å². The van der Waals surface area contributed by atoms with Crippen molar-refractivity contribution in [3.8, 4) is 5.75 Å². The van der Waals surface area contributed by atoms with Gasteiger partial charge in [0, 0.05) is 26.4 Å². The van der Waals surface area contributed by atoms with Gasteiger partial charge in [-0.1, -0.05) is 11.6 Å². The average molecular weight is 205 g/mol. The van der Waals surface area contributed by atoms with E-state index in [1.807, 2.05) is 21.0 Å². The Bertz CT molecular complexity index is 395.